The zero-order valence-corrected chi connectivity index (χ0v) is 18.0. The predicted molar refractivity (Wildman–Crippen MR) is 114 cm³/mol. The van der Waals surface area contributed by atoms with Gasteiger partial charge in [-0.05, 0) is 56.0 Å². The van der Waals surface area contributed by atoms with E-state index in [-0.39, 0.29) is 4.90 Å². The monoisotopic (exact) mass is 418 g/mol. The highest BCUT2D eigenvalue weighted by molar-refractivity contribution is 7.89. The van der Waals surface area contributed by atoms with E-state index in [1.165, 1.54) is 31.9 Å². The zero-order chi connectivity index (χ0) is 20.7. The van der Waals surface area contributed by atoms with Gasteiger partial charge in [-0.1, -0.05) is 30.3 Å². The van der Waals surface area contributed by atoms with Crippen molar-refractivity contribution in [1.82, 2.24) is 9.62 Å². The van der Waals surface area contributed by atoms with E-state index < -0.39 is 10.0 Å². The molecule has 0 unspecified atom stereocenters. The van der Waals surface area contributed by atoms with E-state index in [0.29, 0.717) is 24.0 Å². The van der Waals surface area contributed by atoms with Crippen LogP contribution >= 0.6 is 0 Å². The lowest BCUT2D eigenvalue weighted by Gasteiger charge is -2.32. The Morgan fingerprint density at radius 2 is 1.69 bits per heavy atom. The summed E-state index contributed by atoms with van der Waals surface area (Å²) in [4.78, 5) is 2.65. The van der Waals surface area contributed by atoms with Gasteiger partial charge in [0.1, 0.15) is 0 Å². The smallest absolute Gasteiger partial charge is 0.240 e. The van der Waals surface area contributed by atoms with Crippen molar-refractivity contribution in [2.45, 2.75) is 24.2 Å². The van der Waals surface area contributed by atoms with E-state index in [0.717, 1.165) is 38.9 Å². The lowest BCUT2D eigenvalue weighted by molar-refractivity contribution is 0.187. The molecule has 29 heavy (non-hydrogen) atoms. The summed E-state index contributed by atoms with van der Waals surface area (Å²) >= 11 is 0. The first-order valence-corrected chi connectivity index (χ1v) is 11.5. The lowest BCUT2D eigenvalue weighted by atomic mass is 9.97. The molecule has 1 fully saturated rings. The van der Waals surface area contributed by atoms with Crippen LogP contribution in [0.15, 0.2) is 53.4 Å². The Morgan fingerprint density at radius 3 is 2.34 bits per heavy atom. The van der Waals surface area contributed by atoms with E-state index in [1.54, 1.807) is 6.07 Å². The molecule has 1 saturated heterocycles. The highest BCUT2D eigenvalue weighted by atomic mass is 32.2. The molecule has 0 atom stereocenters. The first kappa shape index (κ1) is 21.6. The Hall–Kier alpha value is -2.09. The Labute approximate surface area is 173 Å². The first-order valence-electron chi connectivity index (χ1n) is 10.00. The van der Waals surface area contributed by atoms with Crippen LogP contribution in [0.25, 0.3) is 0 Å². The highest BCUT2D eigenvalue weighted by Crippen LogP contribution is 2.29. The van der Waals surface area contributed by atoms with Crippen molar-refractivity contribution < 1.29 is 17.9 Å². The van der Waals surface area contributed by atoms with E-state index >= 15 is 0 Å². The number of likely N-dealkylation sites (tertiary alicyclic amines) is 1. The summed E-state index contributed by atoms with van der Waals surface area (Å²) < 4.78 is 38.4. The summed E-state index contributed by atoms with van der Waals surface area (Å²) in [6.45, 7) is 3.53. The van der Waals surface area contributed by atoms with Crippen LogP contribution in [0.4, 0.5) is 0 Å². The van der Waals surface area contributed by atoms with Gasteiger partial charge in [0.05, 0.1) is 19.1 Å². The maximum absolute atomic E-state index is 12.6. The van der Waals surface area contributed by atoms with Crippen molar-refractivity contribution >= 4 is 10.0 Å². The van der Waals surface area contributed by atoms with Gasteiger partial charge in [0.15, 0.2) is 11.5 Å². The number of hydrogen-bond acceptors (Lipinski definition) is 5. The van der Waals surface area contributed by atoms with Crippen LogP contribution in [0, 0.1) is 5.92 Å². The Kier molecular flexibility index (Phi) is 7.52. The predicted octanol–water partition coefficient (Wildman–Crippen LogP) is 2.94. The van der Waals surface area contributed by atoms with Crippen molar-refractivity contribution in [2.24, 2.45) is 5.92 Å². The average molecular weight is 419 g/mol. The van der Waals surface area contributed by atoms with E-state index in [9.17, 15) is 8.42 Å². The Bertz CT molecular complexity index is 879. The maximum Gasteiger partial charge on any atom is 0.240 e. The number of nitrogens with one attached hydrogen (secondary N) is 1. The molecule has 7 heteroatoms. The Balaban J connectivity index is 1.47. The fourth-order valence-corrected chi connectivity index (χ4v) is 4.77. The molecule has 0 spiro atoms. The summed E-state index contributed by atoms with van der Waals surface area (Å²) in [5.41, 5.74) is 1.36. The van der Waals surface area contributed by atoms with Crippen molar-refractivity contribution in [3.8, 4) is 11.5 Å². The largest absolute Gasteiger partial charge is 0.493 e. The van der Waals surface area contributed by atoms with Crippen molar-refractivity contribution in [3.63, 3.8) is 0 Å². The molecule has 2 aromatic carbocycles. The van der Waals surface area contributed by atoms with Crippen LogP contribution in [0.2, 0.25) is 0 Å². The summed E-state index contributed by atoms with van der Waals surface area (Å²) in [5, 5.41) is 0. The van der Waals surface area contributed by atoms with Gasteiger partial charge in [0.25, 0.3) is 0 Å². The van der Waals surface area contributed by atoms with Crippen molar-refractivity contribution in [1.29, 1.82) is 0 Å². The van der Waals surface area contributed by atoms with Gasteiger partial charge in [0, 0.05) is 19.2 Å². The lowest BCUT2D eigenvalue weighted by Crippen LogP contribution is -2.39. The molecule has 2 aromatic rings. The molecule has 0 saturated carbocycles. The van der Waals surface area contributed by atoms with Gasteiger partial charge in [-0.2, -0.15) is 0 Å². The number of nitrogens with zero attached hydrogens (tertiary/aromatic N) is 1. The van der Waals surface area contributed by atoms with Gasteiger partial charge in [0.2, 0.25) is 10.0 Å². The summed E-state index contributed by atoms with van der Waals surface area (Å²) in [5.74, 6) is 1.27. The minimum Gasteiger partial charge on any atom is -0.493 e. The number of benzene rings is 2. The average Bonchev–Trinajstić information content (AvgIpc) is 2.77. The second-order valence-corrected chi connectivity index (χ2v) is 9.16. The van der Waals surface area contributed by atoms with E-state index in [1.807, 2.05) is 6.07 Å². The molecule has 1 heterocycles. The second-order valence-electron chi connectivity index (χ2n) is 7.39. The van der Waals surface area contributed by atoms with Gasteiger partial charge in [-0.25, -0.2) is 13.1 Å². The van der Waals surface area contributed by atoms with Crippen LogP contribution in [-0.4, -0.2) is 53.7 Å². The molecular formula is C22H30N2O4S. The second kappa shape index (κ2) is 10.1. The molecule has 158 valence electrons. The summed E-state index contributed by atoms with van der Waals surface area (Å²) in [6.07, 6.45) is 3.06. The molecular weight excluding hydrogens is 388 g/mol. The normalized spacial score (nSPS) is 15.9. The van der Waals surface area contributed by atoms with E-state index in [4.69, 9.17) is 9.47 Å². The van der Waals surface area contributed by atoms with Gasteiger partial charge in [-0.3, -0.25) is 0 Å². The van der Waals surface area contributed by atoms with Crippen LogP contribution in [-0.2, 0) is 16.4 Å². The quantitative estimate of drug-likeness (QED) is 0.678. The molecule has 0 aromatic heterocycles. The topological polar surface area (TPSA) is 67.9 Å². The third kappa shape index (κ3) is 5.95. The third-order valence-electron chi connectivity index (χ3n) is 5.49. The summed E-state index contributed by atoms with van der Waals surface area (Å²) in [6, 6.07) is 15.2. The number of piperidine rings is 1. The van der Waals surface area contributed by atoms with Crippen LogP contribution in [0.5, 0.6) is 11.5 Å². The molecule has 3 rings (SSSR count). The third-order valence-corrected chi connectivity index (χ3v) is 6.92. The molecule has 1 aliphatic rings. The van der Waals surface area contributed by atoms with Crippen molar-refractivity contribution in [3.05, 3.63) is 54.1 Å². The SMILES string of the molecule is COc1ccc(S(=O)(=O)NCC2CCN(CCc3ccccc3)CC2)cc1OC. The van der Waals surface area contributed by atoms with Crippen LogP contribution in [0.1, 0.15) is 18.4 Å². The van der Waals surface area contributed by atoms with E-state index in [2.05, 4.69) is 33.9 Å². The molecule has 1 aliphatic heterocycles. The summed E-state index contributed by atoms with van der Waals surface area (Å²) in [7, 11) is -0.559. The molecule has 1 N–H and O–H groups in total. The molecule has 0 amide bonds. The minimum atomic E-state index is -3.58. The first-order chi connectivity index (χ1) is 14.0. The van der Waals surface area contributed by atoms with Gasteiger partial charge >= 0.3 is 0 Å². The zero-order valence-electron chi connectivity index (χ0n) is 17.1. The van der Waals surface area contributed by atoms with Crippen LogP contribution in [0.3, 0.4) is 0 Å². The van der Waals surface area contributed by atoms with Crippen LogP contribution < -0.4 is 14.2 Å². The Morgan fingerprint density at radius 1 is 1.00 bits per heavy atom. The molecule has 0 aliphatic carbocycles. The molecule has 6 nitrogen and oxygen atoms in total. The maximum atomic E-state index is 12.6. The molecule has 0 radical (unpaired) electrons. The number of methoxy groups -OCH3 is 2. The standard InChI is InChI=1S/C22H30N2O4S/c1-27-21-9-8-20(16-22(21)28-2)29(25,26)23-17-19-11-14-24(15-12-19)13-10-18-6-4-3-5-7-18/h3-9,16,19,23H,10-15,17H2,1-2H3. The molecule has 0 bridgehead atoms. The number of ether oxygens (including phenoxy) is 2. The minimum absolute atomic E-state index is 0.190. The number of rotatable bonds is 9. The highest BCUT2D eigenvalue weighted by Gasteiger charge is 2.22. The number of sulfonamides is 1. The van der Waals surface area contributed by atoms with Gasteiger partial charge in [-0.15, -0.1) is 0 Å². The number of hydrogen-bond donors (Lipinski definition) is 1. The van der Waals surface area contributed by atoms with Gasteiger partial charge < -0.3 is 14.4 Å². The fourth-order valence-electron chi connectivity index (χ4n) is 3.64. The fraction of sp³-hybridized carbons (Fsp3) is 0.455. The van der Waals surface area contributed by atoms with Crippen molar-refractivity contribution in [2.75, 3.05) is 40.4 Å².